The molecule has 1 unspecified atom stereocenters. The fourth-order valence-corrected chi connectivity index (χ4v) is 1.74. The van der Waals surface area contributed by atoms with Crippen LogP contribution in [-0.4, -0.2) is 15.6 Å². The van der Waals surface area contributed by atoms with Crippen molar-refractivity contribution in [3.63, 3.8) is 0 Å². The molecule has 3 nitrogen and oxygen atoms in total. The van der Waals surface area contributed by atoms with Crippen LogP contribution in [0.15, 0.2) is 42.7 Å². The first kappa shape index (κ1) is 10.7. The molecule has 0 aliphatic rings. The van der Waals surface area contributed by atoms with Crippen molar-refractivity contribution in [3.05, 3.63) is 48.3 Å². The van der Waals surface area contributed by atoms with Gasteiger partial charge in [-0.3, -0.25) is 0 Å². The zero-order valence-corrected chi connectivity index (χ0v) is 9.72. The number of aryl methyl sites for hydroxylation is 1. The second kappa shape index (κ2) is 4.84. The Morgan fingerprint density at radius 2 is 2.06 bits per heavy atom. The maximum Gasteiger partial charge on any atom is 0.202 e. The van der Waals surface area contributed by atoms with Crippen LogP contribution < -0.4 is 5.32 Å². The maximum atomic E-state index is 4.25. The summed E-state index contributed by atoms with van der Waals surface area (Å²) < 4.78 is 1.99. The number of hydrogen-bond donors (Lipinski definition) is 1. The van der Waals surface area contributed by atoms with Crippen LogP contribution in [-0.2, 0) is 13.5 Å². The van der Waals surface area contributed by atoms with Gasteiger partial charge < -0.3 is 9.88 Å². The summed E-state index contributed by atoms with van der Waals surface area (Å²) in [7, 11) is 1.99. The topological polar surface area (TPSA) is 29.9 Å². The molecule has 0 fully saturated rings. The standard InChI is InChI=1S/C13H17N3/c1-11(10-12-6-4-3-5-7-12)15-13-14-8-9-16(13)2/h3-9,11H,10H2,1-2H3,(H,14,15). The molecule has 0 aliphatic carbocycles. The molecule has 1 aromatic carbocycles. The van der Waals surface area contributed by atoms with Crippen molar-refractivity contribution >= 4 is 5.95 Å². The van der Waals surface area contributed by atoms with E-state index < -0.39 is 0 Å². The summed E-state index contributed by atoms with van der Waals surface area (Å²) in [6.45, 7) is 2.17. The number of aromatic nitrogens is 2. The monoisotopic (exact) mass is 215 g/mol. The second-order valence-corrected chi connectivity index (χ2v) is 4.10. The van der Waals surface area contributed by atoms with Gasteiger partial charge >= 0.3 is 0 Å². The summed E-state index contributed by atoms with van der Waals surface area (Å²) in [5.41, 5.74) is 1.34. The third-order valence-electron chi connectivity index (χ3n) is 2.58. The molecule has 2 rings (SSSR count). The summed E-state index contributed by atoms with van der Waals surface area (Å²) >= 11 is 0. The van der Waals surface area contributed by atoms with E-state index >= 15 is 0 Å². The lowest BCUT2D eigenvalue weighted by molar-refractivity contribution is 0.761. The van der Waals surface area contributed by atoms with Crippen molar-refractivity contribution in [3.8, 4) is 0 Å². The van der Waals surface area contributed by atoms with E-state index in [1.807, 2.05) is 23.9 Å². The largest absolute Gasteiger partial charge is 0.353 e. The van der Waals surface area contributed by atoms with Crippen LogP contribution in [0.5, 0.6) is 0 Å². The Morgan fingerprint density at radius 3 is 2.69 bits per heavy atom. The van der Waals surface area contributed by atoms with Crippen LogP contribution in [0.4, 0.5) is 5.95 Å². The van der Waals surface area contributed by atoms with E-state index in [-0.39, 0.29) is 0 Å². The van der Waals surface area contributed by atoms with Gasteiger partial charge in [-0.2, -0.15) is 0 Å². The Balaban J connectivity index is 1.95. The van der Waals surface area contributed by atoms with Crippen LogP contribution in [0, 0.1) is 0 Å². The van der Waals surface area contributed by atoms with Gasteiger partial charge in [0.1, 0.15) is 0 Å². The highest BCUT2D eigenvalue weighted by Gasteiger charge is 2.05. The summed E-state index contributed by atoms with van der Waals surface area (Å²) in [4.78, 5) is 4.25. The zero-order chi connectivity index (χ0) is 11.4. The molecule has 1 aromatic heterocycles. The first-order chi connectivity index (χ1) is 7.75. The minimum atomic E-state index is 0.378. The lowest BCUT2D eigenvalue weighted by Crippen LogP contribution is -2.20. The Labute approximate surface area is 96.1 Å². The second-order valence-electron chi connectivity index (χ2n) is 4.10. The fourth-order valence-electron chi connectivity index (χ4n) is 1.74. The summed E-state index contributed by atoms with van der Waals surface area (Å²) in [6, 6.07) is 10.9. The summed E-state index contributed by atoms with van der Waals surface area (Å²) in [5, 5.41) is 3.39. The van der Waals surface area contributed by atoms with E-state index in [0.29, 0.717) is 6.04 Å². The predicted molar refractivity (Wildman–Crippen MR) is 66.4 cm³/mol. The van der Waals surface area contributed by atoms with Gasteiger partial charge in [-0.1, -0.05) is 30.3 Å². The van der Waals surface area contributed by atoms with Crippen LogP contribution in [0.25, 0.3) is 0 Å². The molecule has 0 bridgehead atoms. The van der Waals surface area contributed by atoms with Gasteiger partial charge in [-0.05, 0) is 18.9 Å². The molecule has 3 heteroatoms. The van der Waals surface area contributed by atoms with Gasteiger partial charge in [-0.25, -0.2) is 4.98 Å². The lowest BCUT2D eigenvalue weighted by atomic mass is 10.1. The maximum absolute atomic E-state index is 4.25. The smallest absolute Gasteiger partial charge is 0.202 e. The highest BCUT2D eigenvalue weighted by atomic mass is 15.2. The molecule has 0 spiro atoms. The third-order valence-corrected chi connectivity index (χ3v) is 2.58. The van der Waals surface area contributed by atoms with E-state index in [9.17, 15) is 0 Å². The molecule has 2 aromatic rings. The number of anilines is 1. The zero-order valence-electron chi connectivity index (χ0n) is 9.72. The van der Waals surface area contributed by atoms with E-state index in [2.05, 4.69) is 41.5 Å². The van der Waals surface area contributed by atoms with Crippen LogP contribution in [0.3, 0.4) is 0 Å². The van der Waals surface area contributed by atoms with Gasteiger partial charge in [0, 0.05) is 25.5 Å². The normalized spacial score (nSPS) is 12.4. The molecule has 16 heavy (non-hydrogen) atoms. The summed E-state index contributed by atoms with van der Waals surface area (Å²) in [6.07, 6.45) is 4.75. The van der Waals surface area contributed by atoms with E-state index in [1.165, 1.54) is 5.56 Å². The Kier molecular flexibility index (Phi) is 3.25. The van der Waals surface area contributed by atoms with Crippen molar-refractivity contribution in [1.82, 2.24) is 9.55 Å². The van der Waals surface area contributed by atoms with Crippen molar-refractivity contribution in [1.29, 1.82) is 0 Å². The third kappa shape index (κ3) is 2.63. The Bertz CT molecular complexity index is 433. The number of nitrogens with one attached hydrogen (secondary N) is 1. The highest BCUT2D eigenvalue weighted by Crippen LogP contribution is 2.08. The molecule has 0 saturated heterocycles. The summed E-state index contributed by atoms with van der Waals surface area (Å²) in [5.74, 6) is 0.920. The predicted octanol–water partition coefficient (Wildman–Crippen LogP) is 2.46. The van der Waals surface area contributed by atoms with Gasteiger partial charge in [-0.15, -0.1) is 0 Å². The number of rotatable bonds is 4. The minimum absolute atomic E-state index is 0.378. The number of nitrogens with zero attached hydrogens (tertiary/aromatic N) is 2. The van der Waals surface area contributed by atoms with Crippen molar-refractivity contribution < 1.29 is 0 Å². The van der Waals surface area contributed by atoms with Crippen LogP contribution in [0.1, 0.15) is 12.5 Å². The quantitative estimate of drug-likeness (QED) is 0.849. The average Bonchev–Trinajstić information content (AvgIpc) is 2.66. The molecule has 0 amide bonds. The Hall–Kier alpha value is -1.77. The minimum Gasteiger partial charge on any atom is -0.353 e. The number of imidazole rings is 1. The molecule has 0 aliphatic heterocycles. The number of hydrogen-bond acceptors (Lipinski definition) is 2. The highest BCUT2D eigenvalue weighted by molar-refractivity contribution is 5.28. The van der Waals surface area contributed by atoms with Crippen LogP contribution in [0.2, 0.25) is 0 Å². The van der Waals surface area contributed by atoms with Crippen LogP contribution >= 0.6 is 0 Å². The van der Waals surface area contributed by atoms with E-state index in [4.69, 9.17) is 0 Å². The molecule has 1 atom stereocenters. The van der Waals surface area contributed by atoms with Crippen molar-refractivity contribution in [2.75, 3.05) is 5.32 Å². The average molecular weight is 215 g/mol. The van der Waals surface area contributed by atoms with Gasteiger partial charge in [0.05, 0.1) is 0 Å². The lowest BCUT2D eigenvalue weighted by Gasteiger charge is -2.14. The number of benzene rings is 1. The SMILES string of the molecule is CC(Cc1ccccc1)Nc1nccn1C. The first-order valence-electron chi connectivity index (χ1n) is 5.53. The molecule has 84 valence electrons. The Morgan fingerprint density at radius 1 is 1.31 bits per heavy atom. The van der Waals surface area contributed by atoms with Gasteiger partial charge in [0.15, 0.2) is 0 Å². The van der Waals surface area contributed by atoms with Gasteiger partial charge in [0.25, 0.3) is 0 Å². The molecule has 1 heterocycles. The first-order valence-corrected chi connectivity index (χ1v) is 5.53. The molecule has 0 radical (unpaired) electrons. The van der Waals surface area contributed by atoms with Crippen molar-refractivity contribution in [2.24, 2.45) is 7.05 Å². The van der Waals surface area contributed by atoms with Crippen molar-refractivity contribution in [2.45, 2.75) is 19.4 Å². The molecular formula is C13H17N3. The van der Waals surface area contributed by atoms with E-state index in [0.717, 1.165) is 12.4 Å². The molecular weight excluding hydrogens is 198 g/mol. The van der Waals surface area contributed by atoms with E-state index in [1.54, 1.807) is 6.20 Å². The molecule has 1 N–H and O–H groups in total. The molecule has 0 saturated carbocycles. The van der Waals surface area contributed by atoms with Gasteiger partial charge in [0.2, 0.25) is 5.95 Å². The fraction of sp³-hybridized carbons (Fsp3) is 0.308.